The number of sulfonamides is 1. The van der Waals surface area contributed by atoms with E-state index in [0.717, 1.165) is 44.2 Å². The van der Waals surface area contributed by atoms with Crippen LogP contribution < -0.4 is 9.62 Å². The van der Waals surface area contributed by atoms with Crippen molar-refractivity contribution >= 4 is 62.3 Å². The van der Waals surface area contributed by atoms with Crippen molar-refractivity contribution in [2.45, 2.75) is 75.1 Å². The summed E-state index contributed by atoms with van der Waals surface area (Å²) in [6, 6.07) is 13.1. The van der Waals surface area contributed by atoms with Gasteiger partial charge in [0.1, 0.15) is 12.6 Å². The molecule has 46 heavy (non-hydrogen) atoms. The summed E-state index contributed by atoms with van der Waals surface area (Å²) in [5.41, 5.74) is -1.26. The number of halogens is 6. The van der Waals surface area contributed by atoms with Gasteiger partial charge in [-0.3, -0.25) is 13.9 Å². The molecule has 1 aliphatic rings. The van der Waals surface area contributed by atoms with Crippen LogP contribution in [0.1, 0.15) is 56.6 Å². The van der Waals surface area contributed by atoms with Crippen LogP contribution >= 0.6 is 34.8 Å². The molecule has 14 heteroatoms. The molecule has 1 fully saturated rings. The first-order chi connectivity index (χ1) is 21.7. The van der Waals surface area contributed by atoms with Gasteiger partial charge in [-0.2, -0.15) is 13.2 Å². The van der Waals surface area contributed by atoms with Crippen molar-refractivity contribution in [1.29, 1.82) is 0 Å². The van der Waals surface area contributed by atoms with Gasteiger partial charge < -0.3 is 10.2 Å². The van der Waals surface area contributed by atoms with E-state index in [0.29, 0.717) is 21.0 Å². The third kappa shape index (κ3) is 8.67. The summed E-state index contributed by atoms with van der Waals surface area (Å²) >= 11 is 18.4. The summed E-state index contributed by atoms with van der Waals surface area (Å²) in [4.78, 5) is 28.9. The van der Waals surface area contributed by atoms with Gasteiger partial charge in [-0.1, -0.05) is 85.3 Å². The summed E-state index contributed by atoms with van der Waals surface area (Å²) in [5, 5.41) is 2.95. The summed E-state index contributed by atoms with van der Waals surface area (Å²) in [6.07, 6.45) is -0.173. The molecule has 1 saturated carbocycles. The van der Waals surface area contributed by atoms with Crippen molar-refractivity contribution in [2.75, 3.05) is 10.8 Å². The van der Waals surface area contributed by atoms with Crippen LogP contribution in [0.15, 0.2) is 71.6 Å². The molecule has 0 spiro atoms. The molecule has 3 aromatic carbocycles. The van der Waals surface area contributed by atoms with Gasteiger partial charge in [-0.25, -0.2) is 8.42 Å². The van der Waals surface area contributed by atoms with Crippen LogP contribution in [0.5, 0.6) is 0 Å². The third-order valence-electron chi connectivity index (χ3n) is 7.85. The molecule has 2 amide bonds. The van der Waals surface area contributed by atoms with E-state index in [1.54, 1.807) is 25.1 Å². The van der Waals surface area contributed by atoms with E-state index in [9.17, 15) is 31.2 Å². The maximum Gasteiger partial charge on any atom is 0.417 e. The Morgan fingerprint density at radius 1 is 0.935 bits per heavy atom. The van der Waals surface area contributed by atoms with Crippen LogP contribution in [0, 0.1) is 0 Å². The van der Waals surface area contributed by atoms with E-state index in [1.165, 1.54) is 35.2 Å². The van der Waals surface area contributed by atoms with E-state index < -0.39 is 56.9 Å². The number of rotatable bonds is 11. The first-order valence-corrected chi connectivity index (χ1v) is 17.3. The third-order valence-corrected chi connectivity index (χ3v) is 10.6. The zero-order chi connectivity index (χ0) is 33.6. The fourth-order valence-electron chi connectivity index (χ4n) is 5.43. The molecule has 0 aromatic heterocycles. The summed E-state index contributed by atoms with van der Waals surface area (Å²) in [6.45, 7) is 0.593. The monoisotopic (exact) mass is 717 g/mol. The number of anilines is 1. The second-order valence-corrected chi connectivity index (χ2v) is 14.1. The number of hydrogen-bond donors (Lipinski definition) is 1. The molecular weight excluding hydrogens is 686 g/mol. The number of nitrogens with one attached hydrogen (secondary N) is 1. The quantitative estimate of drug-likeness (QED) is 0.217. The summed E-state index contributed by atoms with van der Waals surface area (Å²) < 4.78 is 70.0. The number of carbonyl (C=O) groups excluding carboxylic acids is 2. The molecule has 1 atom stereocenters. The minimum atomic E-state index is -4.90. The standard InChI is InChI=1S/C32H33Cl3F3N3O4S/c1-2-29(31(43)39-23-9-5-3-6-10-23)40(19-21-13-14-22(33)17-28(21)35)30(42)20-41(46(44,45)25-11-7-4-8-12-25)24-15-16-27(34)26(18-24)32(36,37)38/h4,7-8,11-18,23,29H,2-3,5-6,9-10,19-20H2,1H3,(H,39,43). The van der Waals surface area contributed by atoms with Gasteiger partial charge in [0.25, 0.3) is 10.0 Å². The molecule has 1 unspecified atom stereocenters. The highest BCUT2D eigenvalue weighted by molar-refractivity contribution is 7.92. The summed E-state index contributed by atoms with van der Waals surface area (Å²) in [7, 11) is -4.59. The number of alkyl halides is 3. The lowest BCUT2D eigenvalue weighted by atomic mass is 9.95. The average molecular weight is 719 g/mol. The van der Waals surface area contributed by atoms with Gasteiger partial charge in [0, 0.05) is 22.6 Å². The molecule has 1 N–H and O–H groups in total. The van der Waals surface area contributed by atoms with Crippen LogP contribution in [0.25, 0.3) is 0 Å². The number of benzene rings is 3. The fourth-order valence-corrected chi connectivity index (χ4v) is 7.55. The second kappa shape index (κ2) is 15.3. The van der Waals surface area contributed by atoms with Crippen LogP contribution in [-0.2, 0) is 32.3 Å². The van der Waals surface area contributed by atoms with Crippen molar-refractivity contribution < 1.29 is 31.2 Å². The van der Waals surface area contributed by atoms with Crippen LogP contribution in [-0.4, -0.2) is 43.8 Å². The Labute approximate surface area is 281 Å². The normalized spacial score (nSPS) is 14.8. The predicted octanol–water partition coefficient (Wildman–Crippen LogP) is 8.12. The molecule has 0 heterocycles. The number of nitrogens with zero attached hydrogens (tertiary/aromatic N) is 2. The summed E-state index contributed by atoms with van der Waals surface area (Å²) in [5.74, 6) is -1.25. The van der Waals surface area contributed by atoms with Gasteiger partial charge >= 0.3 is 6.18 Å². The number of carbonyl (C=O) groups is 2. The maximum atomic E-state index is 14.3. The highest BCUT2D eigenvalue weighted by Gasteiger charge is 2.37. The number of hydrogen-bond acceptors (Lipinski definition) is 4. The molecule has 7 nitrogen and oxygen atoms in total. The highest BCUT2D eigenvalue weighted by Crippen LogP contribution is 2.38. The van der Waals surface area contributed by atoms with Gasteiger partial charge in [0.05, 0.1) is 21.2 Å². The molecule has 1 aliphatic carbocycles. The van der Waals surface area contributed by atoms with Crippen LogP contribution in [0.2, 0.25) is 15.1 Å². The smallest absolute Gasteiger partial charge is 0.352 e. The zero-order valence-electron chi connectivity index (χ0n) is 24.9. The van der Waals surface area contributed by atoms with Crippen molar-refractivity contribution in [1.82, 2.24) is 10.2 Å². The van der Waals surface area contributed by atoms with Gasteiger partial charge in [0.15, 0.2) is 0 Å². The van der Waals surface area contributed by atoms with Crippen molar-refractivity contribution in [3.8, 4) is 0 Å². The molecule has 0 saturated heterocycles. The largest absolute Gasteiger partial charge is 0.417 e. The van der Waals surface area contributed by atoms with Crippen molar-refractivity contribution in [3.63, 3.8) is 0 Å². The van der Waals surface area contributed by atoms with E-state index in [-0.39, 0.29) is 28.9 Å². The van der Waals surface area contributed by atoms with E-state index in [4.69, 9.17) is 34.8 Å². The lowest BCUT2D eigenvalue weighted by molar-refractivity contribution is -0.140. The molecule has 3 aromatic rings. The molecular formula is C32H33Cl3F3N3O4S. The molecule has 0 aliphatic heterocycles. The first-order valence-electron chi connectivity index (χ1n) is 14.7. The first kappa shape index (κ1) is 35.9. The maximum absolute atomic E-state index is 14.3. The zero-order valence-corrected chi connectivity index (χ0v) is 28.0. The predicted molar refractivity (Wildman–Crippen MR) is 174 cm³/mol. The highest BCUT2D eigenvalue weighted by atomic mass is 35.5. The minimum Gasteiger partial charge on any atom is -0.352 e. The average Bonchev–Trinajstić information content (AvgIpc) is 3.01. The Balaban J connectivity index is 1.78. The SMILES string of the molecule is CCC(C(=O)NC1CCCCC1)N(Cc1ccc(Cl)cc1Cl)C(=O)CN(c1ccc(Cl)c(C(F)(F)F)c1)S(=O)(=O)c1ccccc1. The molecule has 248 valence electrons. The lowest BCUT2D eigenvalue weighted by Crippen LogP contribution is -2.54. The van der Waals surface area contributed by atoms with Crippen molar-refractivity contribution in [2.24, 2.45) is 0 Å². The Hall–Kier alpha value is -2.99. The molecule has 4 rings (SSSR count). The molecule has 0 radical (unpaired) electrons. The number of amides is 2. The van der Waals surface area contributed by atoms with Crippen LogP contribution in [0.3, 0.4) is 0 Å². The minimum absolute atomic E-state index is 0.0730. The fraction of sp³-hybridized carbons (Fsp3) is 0.375. The van der Waals surface area contributed by atoms with E-state index >= 15 is 0 Å². The lowest BCUT2D eigenvalue weighted by Gasteiger charge is -2.34. The molecule has 0 bridgehead atoms. The Bertz CT molecular complexity index is 1650. The Kier molecular flexibility index (Phi) is 11.9. The Morgan fingerprint density at radius 3 is 2.22 bits per heavy atom. The van der Waals surface area contributed by atoms with Gasteiger partial charge in [-0.15, -0.1) is 0 Å². The van der Waals surface area contributed by atoms with E-state index in [2.05, 4.69) is 5.32 Å². The van der Waals surface area contributed by atoms with Crippen molar-refractivity contribution in [3.05, 3.63) is 92.9 Å². The van der Waals surface area contributed by atoms with E-state index in [1.807, 2.05) is 0 Å². The Morgan fingerprint density at radius 2 is 1.61 bits per heavy atom. The van der Waals surface area contributed by atoms with Gasteiger partial charge in [0.2, 0.25) is 11.8 Å². The van der Waals surface area contributed by atoms with Crippen LogP contribution in [0.4, 0.5) is 18.9 Å². The topological polar surface area (TPSA) is 86.8 Å². The van der Waals surface area contributed by atoms with Gasteiger partial charge in [-0.05, 0) is 67.3 Å². The second-order valence-electron chi connectivity index (χ2n) is 11.0.